The molecule has 0 amide bonds. The quantitative estimate of drug-likeness (QED) is 0.748. The molecule has 1 fully saturated rings. The summed E-state index contributed by atoms with van der Waals surface area (Å²) in [6.45, 7) is 5.43. The Morgan fingerprint density at radius 2 is 2.24 bits per heavy atom. The summed E-state index contributed by atoms with van der Waals surface area (Å²) >= 11 is 1.64. The summed E-state index contributed by atoms with van der Waals surface area (Å²) < 4.78 is 1.11. The van der Waals surface area contributed by atoms with Gasteiger partial charge < -0.3 is 15.3 Å². The van der Waals surface area contributed by atoms with Crippen LogP contribution < -0.4 is 5.32 Å². The average molecular weight is 355 g/mol. The molecule has 0 spiro atoms. The molecular formula is C18H21N5OS. The van der Waals surface area contributed by atoms with Crippen LogP contribution in [0.15, 0.2) is 29.8 Å². The number of anilines is 1. The first-order valence-electron chi connectivity index (χ1n) is 8.62. The SMILES string of the molecule is CCN1CCC[C@@H](Nc2ncc(-c3c(O)ccc4sccc34)nn2)C1. The van der Waals surface area contributed by atoms with Gasteiger partial charge in [-0.05, 0) is 49.5 Å². The van der Waals surface area contributed by atoms with Crippen molar-refractivity contribution >= 4 is 27.4 Å². The monoisotopic (exact) mass is 355 g/mol. The van der Waals surface area contributed by atoms with Crippen LogP contribution in [0, 0.1) is 0 Å². The van der Waals surface area contributed by atoms with Crippen LogP contribution in [0.1, 0.15) is 19.8 Å². The maximum absolute atomic E-state index is 10.3. The van der Waals surface area contributed by atoms with Crippen molar-refractivity contribution in [3.8, 4) is 17.0 Å². The second kappa shape index (κ2) is 6.93. The number of likely N-dealkylation sites (N-methyl/N-ethyl adjacent to an activating group) is 1. The van der Waals surface area contributed by atoms with Gasteiger partial charge in [-0.3, -0.25) is 0 Å². The van der Waals surface area contributed by atoms with Crippen LogP contribution in [0.2, 0.25) is 0 Å². The van der Waals surface area contributed by atoms with E-state index in [2.05, 4.69) is 32.3 Å². The number of phenols is 1. The van der Waals surface area contributed by atoms with E-state index >= 15 is 0 Å². The van der Waals surface area contributed by atoms with E-state index in [1.165, 1.54) is 6.42 Å². The number of piperidine rings is 1. The summed E-state index contributed by atoms with van der Waals surface area (Å²) in [5.41, 5.74) is 1.28. The van der Waals surface area contributed by atoms with Gasteiger partial charge in [-0.15, -0.1) is 21.5 Å². The molecule has 0 saturated carbocycles. The standard InChI is InChI=1S/C18H21N5OS/c1-2-23-8-3-4-12(11-23)20-18-19-10-14(21-22-18)17-13-7-9-25-16(13)6-5-15(17)24/h5-7,9-10,12,24H,2-4,8,11H2,1H3,(H,19,20,22)/t12-/m1/s1. The molecule has 3 heterocycles. The Labute approximate surface area is 150 Å². The molecule has 1 atom stereocenters. The number of nitrogens with one attached hydrogen (secondary N) is 1. The van der Waals surface area contributed by atoms with Gasteiger partial charge in [-0.2, -0.15) is 0 Å². The predicted molar refractivity (Wildman–Crippen MR) is 101 cm³/mol. The summed E-state index contributed by atoms with van der Waals surface area (Å²) in [5, 5.41) is 25.2. The highest BCUT2D eigenvalue weighted by molar-refractivity contribution is 7.17. The number of thiophene rings is 1. The van der Waals surface area contributed by atoms with Crippen molar-refractivity contribution in [3.05, 3.63) is 29.8 Å². The number of hydrogen-bond acceptors (Lipinski definition) is 7. The lowest BCUT2D eigenvalue weighted by Crippen LogP contribution is -2.42. The highest BCUT2D eigenvalue weighted by Gasteiger charge is 2.19. The van der Waals surface area contributed by atoms with E-state index < -0.39 is 0 Å². The average Bonchev–Trinajstić information content (AvgIpc) is 3.11. The van der Waals surface area contributed by atoms with Gasteiger partial charge in [0.2, 0.25) is 5.95 Å². The summed E-state index contributed by atoms with van der Waals surface area (Å²) in [7, 11) is 0. The van der Waals surface area contributed by atoms with E-state index in [0.717, 1.165) is 36.1 Å². The number of likely N-dealkylation sites (tertiary alicyclic amines) is 1. The summed E-state index contributed by atoms with van der Waals surface area (Å²) in [4.78, 5) is 6.85. The molecule has 4 rings (SSSR count). The van der Waals surface area contributed by atoms with E-state index in [9.17, 15) is 5.11 Å². The van der Waals surface area contributed by atoms with Gasteiger partial charge in [0.15, 0.2) is 0 Å². The largest absolute Gasteiger partial charge is 0.507 e. The maximum Gasteiger partial charge on any atom is 0.242 e. The highest BCUT2D eigenvalue weighted by atomic mass is 32.1. The molecule has 0 bridgehead atoms. The lowest BCUT2D eigenvalue weighted by atomic mass is 10.1. The Morgan fingerprint density at radius 3 is 3.04 bits per heavy atom. The van der Waals surface area contributed by atoms with Gasteiger partial charge in [0, 0.05) is 22.7 Å². The van der Waals surface area contributed by atoms with Crippen molar-refractivity contribution in [3.63, 3.8) is 0 Å². The number of benzene rings is 1. The number of aromatic nitrogens is 3. The normalized spacial score (nSPS) is 18.5. The summed E-state index contributed by atoms with van der Waals surface area (Å²) in [6, 6.07) is 5.96. The van der Waals surface area contributed by atoms with Gasteiger partial charge >= 0.3 is 0 Å². The Hall–Kier alpha value is -2.25. The topological polar surface area (TPSA) is 74.2 Å². The van der Waals surface area contributed by atoms with Crippen molar-refractivity contribution in [1.82, 2.24) is 20.1 Å². The van der Waals surface area contributed by atoms with Gasteiger partial charge in [-0.1, -0.05) is 6.92 Å². The number of nitrogens with zero attached hydrogens (tertiary/aromatic N) is 4. The molecule has 0 radical (unpaired) electrons. The number of phenolic OH excluding ortho intramolecular Hbond substituents is 1. The fourth-order valence-corrected chi connectivity index (χ4v) is 4.20. The Kier molecular flexibility index (Phi) is 4.50. The lowest BCUT2D eigenvalue weighted by Gasteiger charge is -2.32. The van der Waals surface area contributed by atoms with Crippen LogP contribution in [-0.4, -0.2) is 50.9 Å². The van der Waals surface area contributed by atoms with Gasteiger partial charge in [0.1, 0.15) is 11.4 Å². The molecule has 2 aromatic heterocycles. The molecule has 3 aromatic rings. The third-order valence-electron chi connectivity index (χ3n) is 4.72. The van der Waals surface area contributed by atoms with Crippen LogP contribution in [0.3, 0.4) is 0 Å². The van der Waals surface area contributed by atoms with E-state index in [-0.39, 0.29) is 5.75 Å². The van der Waals surface area contributed by atoms with Gasteiger partial charge in [0.05, 0.1) is 11.8 Å². The van der Waals surface area contributed by atoms with Crippen LogP contribution in [0.25, 0.3) is 21.3 Å². The molecule has 6 nitrogen and oxygen atoms in total. The third kappa shape index (κ3) is 3.29. The van der Waals surface area contributed by atoms with Crippen LogP contribution in [-0.2, 0) is 0 Å². The Balaban J connectivity index is 1.56. The summed E-state index contributed by atoms with van der Waals surface area (Å²) in [6.07, 6.45) is 3.99. The molecule has 1 aliphatic heterocycles. The molecule has 1 aliphatic rings. The second-order valence-electron chi connectivity index (χ2n) is 6.34. The van der Waals surface area contributed by atoms with E-state index in [0.29, 0.717) is 23.2 Å². The van der Waals surface area contributed by atoms with Crippen LogP contribution in [0.4, 0.5) is 5.95 Å². The van der Waals surface area contributed by atoms with E-state index in [1.807, 2.05) is 17.5 Å². The fraction of sp³-hybridized carbons (Fsp3) is 0.389. The lowest BCUT2D eigenvalue weighted by molar-refractivity contribution is 0.226. The predicted octanol–water partition coefficient (Wildman–Crippen LogP) is 3.36. The third-order valence-corrected chi connectivity index (χ3v) is 5.60. The van der Waals surface area contributed by atoms with Gasteiger partial charge in [-0.25, -0.2) is 4.98 Å². The van der Waals surface area contributed by atoms with Crippen LogP contribution >= 0.6 is 11.3 Å². The number of hydrogen-bond donors (Lipinski definition) is 2. The van der Waals surface area contributed by atoms with E-state index in [4.69, 9.17) is 0 Å². The minimum Gasteiger partial charge on any atom is -0.507 e. The molecule has 2 N–H and O–H groups in total. The minimum atomic E-state index is 0.202. The van der Waals surface area contributed by atoms with Crippen molar-refractivity contribution in [2.45, 2.75) is 25.8 Å². The molecular weight excluding hydrogens is 334 g/mol. The first-order chi connectivity index (χ1) is 12.2. The summed E-state index contributed by atoms with van der Waals surface area (Å²) in [5.74, 6) is 0.747. The Bertz CT molecular complexity index is 864. The van der Waals surface area contributed by atoms with Crippen molar-refractivity contribution < 1.29 is 5.11 Å². The molecule has 130 valence electrons. The molecule has 7 heteroatoms. The smallest absolute Gasteiger partial charge is 0.242 e. The maximum atomic E-state index is 10.3. The molecule has 1 saturated heterocycles. The molecule has 25 heavy (non-hydrogen) atoms. The number of rotatable bonds is 4. The first kappa shape index (κ1) is 16.2. The fourth-order valence-electron chi connectivity index (χ4n) is 3.40. The van der Waals surface area contributed by atoms with Crippen molar-refractivity contribution in [1.29, 1.82) is 0 Å². The van der Waals surface area contributed by atoms with Crippen LogP contribution in [0.5, 0.6) is 5.75 Å². The second-order valence-corrected chi connectivity index (χ2v) is 7.28. The van der Waals surface area contributed by atoms with Crippen molar-refractivity contribution in [2.24, 2.45) is 0 Å². The van der Waals surface area contributed by atoms with Gasteiger partial charge in [0.25, 0.3) is 0 Å². The minimum absolute atomic E-state index is 0.202. The zero-order chi connectivity index (χ0) is 17.2. The zero-order valence-electron chi connectivity index (χ0n) is 14.1. The zero-order valence-corrected chi connectivity index (χ0v) is 15.0. The molecule has 1 aromatic carbocycles. The Morgan fingerprint density at radius 1 is 1.32 bits per heavy atom. The highest BCUT2D eigenvalue weighted by Crippen LogP contribution is 2.37. The van der Waals surface area contributed by atoms with E-state index in [1.54, 1.807) is 23.6 Å². The molecule has 0 aliphatic carbocycles. The molecule has 0 unspecified atom stereocenters. The number of fused-ring (bicyclic) bond motifs is 1. The first-order valence-corrected chi connectivity index (χ1v) is 9.50. The number of aromatic hydroxyl groups is 1. The van der Waals surface area contributed by atoms with Crippen molar-refractivity contribution in [2.75, 3.05) is 25.0 Å².